The van der Waals surface area contributed by atoms with Gasteiger partial charge in [0.2, 0.25) is 0 Å². The number of aromatic hydroxyl groups is 1. The molecule has 0 atom stereocenters. The number of hydrogen-bond donors (Lipinski definition) is 3. The first-order chi connectivity index (χ1) is 26.0. The van der Waals surface area contributed by atoms with Crippen LogP contribution in [0.5, 0.6) is 23.0 Å². The van der Waals surface area contributed by atoms with Gasteiger partial charge >= 0.3 is 0 Å². The number of anilines is 2. The molecular weight excluding hydrogens is 711 g/mol. The Labute approximate surface area is 311 Å². The Balaban J connectivity index is 1.29. The van der Waals surface area contributed by atoms with Gasteiger partial charge in [-0.25, -0.2) is 0 Å². The van der Waals surface area contributed by atoms with E-state index < -0.39 is 26.5 Å². The van der Waals surface area contributed by atoms with E-state index in [1.807, 2.05) is 49.4 Å². The fraction of sp³-hybridized carbons (Fsp3) is 0.128. The smallest absolute Gasteiger partial charge is 0.296 e. The molecule has 274 valence electrons. The number of hydrogen-bond acceptors (Lipinski definition) is 13. The van der Waals surface area contributed by atoms with Crippen molar-refractivity contribution in [3.05, 3.63) is 114 Å². The average molecular weight is 746 g/mol. The molecule has 0 aliphatic carbocycles. The molecule has 54 heavy (non-hydrogen) atoms. The van der Waals surface area contributed by atoms with Crippen LogP contribution in [0.3, 0.4) is 0 Å². The molecule has 0 radical (unpaired) electrons. The molecule has 0 saturated carbocycles. The van der Waals surface area contributed by atoms with Crippen LogP contribution in [0.2, 0.25) is 0 Å². The predicted octanol–water partition coefficient (Wildman–Crippen LogP) is 11.4. The van der Waals surface area contributed by atoms with Crippen LogP contribution in [0.1, 0.15) is 11.1 Å². The first-order valence-corrected chi connectivity index (χ1v) is 17.8. The van der Waals surface area contributed by atoms with Crippen molar-refractivity contribution in [3.8, 4) is 23.0 Å². The van der Waals surface area contributed by atoms with Crippen molar-refractivity contribution < 1.29 is 32.3 Å². The number of ether oxygens (including phenoxy) is 3. The molecule has 0 aliphatic rings. The number of methoxy groups -OCH3 is 3. The zero-order chi connectivity index (χ0) is 38.4. The summed E-state index contributed by atoms with van der Waals surface area (Å²) in [5.41, 5.74) is 4.66. The van der Waals surface area contributed by atoms with Gasteiger partial charge < -0.3 is 24.6 Å². The normalized spacial score (nSPS) is 11.9. The quantitative estimate of drug-likeness (QED) is 0.0814. The van der Waals surface area contributed by atoms with Gasteiger partial charge in [-0.05, 0) is 91.0 Å². The Hall–Kier alpha value is -6.71. The third-order valence-corrected chi connectivity index (χ3v) is 9.13. The molecule has 3 N–H and O–H groups in total. The Morgan fingerprint density at radius 1 is 0.556 bits per heavy atom. The van der Waals surface area contributed by atoms with Gasteiger partial charge in [0.15, 0.2) is 5.75 Å². The first kappa shape index (κ1) is 37.1. The molecule has 0 bridgehead atoms. The van der Waals surface area contributed by atoms with Gasteiger partial charge in [0.25, 0.3) is 10.1 Å². The van der Waals surface area contributed by atoms with E-state index in [1.165, 1.54) is 20.3 Å². The fourth-order valence-electron chi connectivity index (χ4n) is 5.47. The average Bonchev–Trinajstić information content (AvgIpc) is 3.16. The SMILES string of the molecule is COc1ccccc1N=Nc1cc(OC)c(N=Nc2cc(OC)c(N=Nc3c(S(=O)(=O)O)cc4cc(Nc5ccccc5)ccc4c3O)cc2C)cc1C. The largest absolute Gasteiger partial charge is 0.505 e. The zero-order valence-electron chi connectivity index (χ0n) is 29.8. The minimum absolute atomic E-state index is 0.204. The van der Waals surface area contributed by atoms with Crippen molar-refractivity contribution in [3.63, 3.8) is 0 Å². The Bertz CT molecular complexity index is 2560. The van der Waals surface area contributed by atoms with Gasteiger partial charge in [-0.2, -0.15) is 18.6 Å². The number of benzene rings is 6. The zero-order valence-corrected chi connectivity index (χ0v) is 30.7. The molecular formula is C39H35N7O7S. The number of nitrogens with one attached hydrogen (secondary N) is 1. The summed E-state index contributed by atoms with van der Waals surface area (Å²) >= 11 is 0. The van der Waals surface area contributed by atoms with Crippen molar-refractivity contribution in [2.24, 2.45) is 30.7 Å². The van der Waals surface area contributed by atoms with Gasteiger partial charge in [-0.1, -0.05) is 30.3 Å². The highest BCUT2D eigenvalue weighted by Gasteiger charge is 2.23. The number of rotatable bonds is 12. The van der Waals surface area contributed by atoms with Gasteiger partial charge in [0, 0.05) is 28.9 Å². The van der Waals surface area contributed by atoms with Crippen molar-refractivity contribution in [1.29, 1.82) is 0 Å². The van der Waals surface area contributed by atoms with Crippen LogP contribution in [0.25, 0.3) is 10.8 Å². The molecule has 0 amide bonds. The molecule has 0 fully saturated rings. The van der Waals surface area contributed by atoms with Gasteiger partial charge in [-0.3, -0.25) is 4.55 Å². The minimum Gasteiger partial charge on any atom is -0.505 e. The van der Waals surface area contributed by atoms with E-state index in [0.29, 0.717) is 56.3 Å². The van der Waals surface area contributed by atoms with Crippen molar-refractivity contribution in [2.75, 3.05) is 26.6 Å². The summed E-state index contributed by atoms with van der Waals surface area (Å²) in [6, 6.07) is 29.6. The van der Waals surface area contributed by atoms with Crippen LogP contribution in [0.15, 0.2) is 139 Å². The number of aryl methyl sites for hydroxylation is 2. The Kier molecular flexibility index (Phi) is 10.9. The van der Waals surface area contributed by atoms with E-state index in [1.54, 1.807) is 68.6 Å². The maximum Gasteiger partial charge on any atom is 0.296 e. The van der Waals surface area contributed by atoms with E-state index in [9.17, 15) is 18.1 Å². The summed E-state index contributed by atoms with van der Waals surface area (Å²) in [5, 5.41) is 40.9. The molecule has 0 aromatic heterocycles. The minimum atomic E-state index is -4.84. The lowest BCUT2D eigenvalue weighted by atomic mass is 10.1. The molecule has 14 nitrogen and oxygen atoms in total. The standard InChI is InChI=1S/C39H35N7O7S/c1-23-17-32(35(52-4)21-30(23)42-41-29-13-9-10-14-34(29)51-3)44-43-31-22-36(53-5)33(18-24(31)2)45-46-38-37(54(48,49)50)20-25-19-27(15-16-28(25)39(38)47)40-26-11-7-6-8-12-26/h6-22,40,47H,1-5H3,(H,48,49,50). The number of phenolic OH excluding ortho intramolecular Hbond substituents is 1. The lowest BCUT2D eigenvalue weighted by Crippen LogP contribution is -1.99. The van der Waals surface area contributed by atoms with E-state index in [4.69, 9.17) is 14.2 Å². The highest BCUT2D eigenvalue weighted by Crippen LogP contribution is 2.44. The summed E-state index contributed by atoms with van der Waals surface area (Å²) in [6.45, 7) is 3.64. The molecule has 0 spiro atoms. The van der Waals surface area contributed by atoms with E-state index in [2.05, 4.69) is 36.0 Å². The van der Waals surface area contributed by atoms with E-state index in [0.717, 1.165) is 11.3 Å². The molecule has 6 aromatic rings. The maximum absolute atomic E-state index is 12.5. The summed E-state index contributed by atoms with van der Waals surface area (Å²) in [5.74, 6) is 0.768. The summed E-state index contributed by atoms with van der Waals surface area (Å²) < 4.78 is 51.6. The van der Waals surface area contributed by atoms with Crippen LogP contribution in [-0.4, -0.2) is 39.4 Å². The number of para-hydroxylation sites is 2. The molecule has 0 heterocycles. The number of fused-ring (bicyclic) bond motifs is 1. The van der Waals surface area contributed by atoms with Crippen LogP contribution in [-0.2, 0) is 10.1 Å². The highest BCUT2D eigenvalue weighted by molar-refractivity contribution is 7.86. The lowest BCUT2D eigenvalue weighted by molar-refractivity contribution is 0.415. The lowest BCUT2D eigenvalue weighted by Gasteiger charge is -2.12. The fourth-order valence-corrected chi connectivity index (χ4v) is 6.12. The first-order valence-electron chi connectivity index (χ1n) is 16.3. The van der Waals surface area contributed by atoms with E-state index in [-0.39, 0.29) is 11.4 Å². The summed E-state index contributed by atoms with van der Waals surface area (Å²) in [6.07, 6.45) is 0. The van der Waals surface area contributed by atoms with Crippen LogP contribution >= 0.6 is 0 Å². The summed E-state index contributed by atoms with van der Waals surface area (Å²) in [4.78, 5) is -0.620. The van der Waals surface area contributed by atoms with Crippen molar-refractivity contribution in [2.45, 2.75) is 18.7 Å². The van der Waals surface area contributed by atoms with Gasteiger partial charge in [0.1, 0.15) is 44.9 Å². The van der Waals surface area contributed by atoms with E-state index >= 15 is 0 Å². The van der Waals surface area contributed by atoms with Crippen molar-refractivity contribution in [1.82, 2.24) is 0 Å². The summed E-state index contributed by atoms with van der Waals surface area (Å²) in [7, 11) is -0.333. The molecule has 6 rings (SSSR count). The number of azo groups is 3. The van der Waals surface area contributed by atoms with Crippen molar-refractivity contribution >= 4 is 66.4 Å². The highest BCUT2D eigenvalue weighted by atomic mass is 32.2. The van der Waals surface area contributed by atoms with Gasteiger partial charge in [-0.15, -0.1) is 20.5 Å². The molecule has 0 saturated heterocycles. The number of phenols is 1. The number of nitrogens with zero attached hydrogens (tertiary/aromatic N) is 6. The second kappa shape index (κ2) is 15.9. The van der Waals surface area contributed by atoms with Crippen LogP contribution in [0, 0.1) is 13.8 Å². The molecule has 0 unspecified atom stereocenters. The third-order valence-electron chi connectivity index (χ3n) is 8.26. The molecule has 6 aromatic carbocycles. The second-order valence-electron chi connectivity index (χ2n) is 11.9. The second-order valence-corrected chi connectivity index (χ2v) is 13.3. The van der Waals surface area contributed by atoms with Crippen LogP contribution < -0.4 is 19.5 Å². The molecule has 0 aliphatic heterocycles. The topological polar surface area (TPSA) is 188 Å². The Morgan fingerprint density at radius 2 is 1.09 bits per heavy atom. The monoisotopic (exact) mass is 745 g/mol. The van der Waals surface area contributed by atoms with Gasteiger partial charge in [0.05, 0.1) is 32.7 Å². The third kappa shape index (κ3) is 8.17. The predicted molar refractivity (Wildman–Crippen MR) is 206 cm³/mol. The molecule has 15 heteroatoms. The maximum atomic E-state index is 12.5. The Morgan fingerprint density at radius 3 is 1.69 bits per heavy atom. The van der Waals surface area contributed by atoms with Crippen LogP contribution in [0.4, 0.5) is 45.5 Å².